The zero-order valence-corrected chi connectivity index (χ0v) is 20.5. The van der Waals surface area contributed by atoms with Gasteiger partial charge < -0.3 is 15.3 Å². The largest absolute Gasteiger partial charge is 0.384 e. The van der Waals surface area contributed by atoms with Gasteiger partial charge in [-0.3, -0.25) is 9.59 Å². The molecule has 0 aliphatic heterocycles. The van der Waals surface area contributed by atoms with Crippen LogP contribution in [0.4, 0.5) is 20.2 Å². The van der Waals surface area contributed by atoms with Crippen LogP contribution in [-0.2, 0) is 17.1 Å². The molecule has 5 nitrogen and oxygen atoms in total. The number of carbonyl (C=O) groups excluding carboxylic acids is 2. The van der Waals surface area contributed by atoms with Crippen molar-refractivity contribution in [1.82, 2.24) is 0 Å². The second kappa shape index (κ2) is 9.96. The van der Waals surface area contributed by atoms with Crippen molar-refractivity contribution < 1.29 is 23.5 Å². The fourth-order valence-electron chi connectivity index (χ4n) is 3.73. The number of halogens is 2. The van der Waals surface area contributed by atoms with E-state index in [9.17, 15) is 23.5 Å². The molecule has 3 rings (SSSR count). The molecule has 0 fully saturated rings. The van der Waals surface area contributed by atoms with Crippen LogP contribution in [0.2, 0.25) is 0 Å². The van der Waals surface area contributed by atoms with Gasteiger partial charge in [-0.15, -0.1) is 0 Å². The molecule has 35 heavy (non-hydrogen) atoms. The summed E-state index contributed by atoms with van der Waals surface area (Å²) in [5, 5.41) is 12.5. The van der Waals surface area contributed by atoms with Crippen LogP contribution in [0.25, 0.3) is 0 Å². The number of hydrogen-bond acceptors (Lipinski definition) is 3. The van der Waals surface area contributed by atoms with E-state index < -0.39 is 11.5 Å². The van der Waals surface area contributed by atoms with E-state index in [0.29, 0.717) is 16.8 Å². The Balaban J connectivity index is 1.62. The Morgan fingerprint density at radius 3 is 1.97 bits per heavy atom. The molecule has 2 N–H and O–H groups in total. The Kier molecular flexibility index (Phi) is 7.41. The Morgan fingerprint density at radius 1 is 0.914 bits per heavy atom. The Bertz CT molecular complexity index is 1190. The number of nitrogens with one attached hydrogen (secondary N) is 1. The predicted molar refractivity (Wildman–Crippen MR) is 134 cm³/mol. The summed E-state index contributed by atoms with van der Waals surface area (Å²) < 4.78 is 28.5. The minimum atomic E-state index is -3.42. The number of alkyl halides is 2. The number of hydrogen-bond donors (Lipinski definition) is 2. The summed E-state index contributed by atoms with van der Waals surface area (Å²) in [4.78, 5) is 26.9. The number of nitrogens with zero attached hydrogens (tertiary/aromatic N) is 1. The molecule has 7 heteroatoms. The number of amides is 2. The van der Waals surface area contributed by atoms with Crippen LogP contribution in [-0.4, -0.2) is 29.6 Å². The highest BCUT2D eigenvalue weighted by Crippen LogP contribution is 2.38. The van der Waals surface area contributed by atoms with Gasteiger partial charge in [0.25, 0.3) is 5.91 Å². The van der Waals surface area contributed by atoms with E-state index in [4.69, 9.17) is 0 Å². The molecule has 0 heterocycles. The molecule has 0 radical (unpaired) electrons. The topological polar surface area (TPSA) is 69.6 Å². The molecule has 0 saturated heterocycles. The second-order valence-corrected chi connectivity index (χ2v) is 9.34. The molecule has 0 aliphatic rings. The van der Waals surface area contributed by atoms with Crippen molar-refractivity contribution in [2.45, 2.75) is 45.6 Å². The first kappa shape index (κ1) is 26.0. The molecule has 0 aromatic heterocycles. The molecule has 0 aliphatic carbocycles. The third kappa shape index (κ3) is 6.11. The number of aryl methyl sites for hydroxylation is 2. The smallest absolute Gasteiger partial charge is 0.300 e. The van der Waals surface area contributed by atoms with Crippen LogP contribution in [0.5, 0.6) is 0 Å². The highest BCUT2D eigenvalue weighted by atomic mass is 19.3. The van der Waals surface area contributed by atoms with E-state index in [1.165, 1.54) is 24.3 Å². The number of rotatable bonds is 7. The fourth-order valence-corrected chi connectivity index (χ4v) is 3.73. The Morgan fingerprint density at radius 2 is 1.46 bits per heavy atom. The maximum absolute atomic E-state index is 14.3. The first-order valence-electron chi connectivity index (χ1n) is 11.2. The lowest BCUT2D eigenvalue weighted by atomic mass is 9.92. The highest BCUT2D eigenvalue weighted by Gasteiger charge is 2.46. The third-order valence-electron chi connectivity index (χ3n) is 5.76. The van der Waals surface area contributed by atoms with Gasteiger partial charge in [-0.25, -0.2) is 0 Å². The fraction of sp³-hybridized carbons (Fsp3) is 0.286. The normalized spacial score (nSPS) is 11.8. The van der Waals surface area contributed by atoms with E-state index in [2.05, 4.69) is 5.32 Å². The minimum Gasteiger partial charge on any atom is -0.384 e. The van der Waals surface area contributed by atoms with Crippen LogP contribution in [0, 0.1) is 13.8 Å². The third-order valence-corrected chi connectivity index (χ3v) is 5.76. The first-order chi connectivity index (χ1) is 16.3. The summed E-state index contributed by atoms with van der Waals surface area (Å²) in [6, 6.07) is 17.8. The maximum Gasteiger partial charge on any atom is 0.300 e. The number of anilines is 2. The summed E-state index contributed by atoms with van der Waals surface area (Å²) in [5.74, 6) is -3.91. The van der Waals surface area contributed by atoms with Crippen molar-refractivity contribution in [3.63, 3.8) is 0 Å². The summed E-state index contributed by atoms with van der Waals surface area (Å²) in [5.41, 5.74) is 1.97. The van der Waals surface area contributed by atoms with Gasteiger partial charge >= 0.3 is 5.92 Å². The maximum atomic E-state index is 14.3. The van der Waals surface area contributed by atoms with E-state index in [1.54, 1.807) is 36.2 Å². The zero-order chi connectivity index (χ0) is 26.0. The average molecular weight is 481 g/mol. The SMILES string of the molecule is Cc1cc(C)cc(N(C)C(=O)c2ccc(NC(=O)Cc3ccc(C(F)(F)C(C)(C)O)cc3)cc2)c1. The Hall–Kier alpha value is -3.58. The lowest BCUT2D eigenvalue weighted by Crippen LogP contribution is -2.40. The molecular formula is C28H30F2N2O3. The van der Waals surface area contributed by atoms with Crippen LogP contribution in [0.15, 0.2) is 66.7 Å². The van der Waals surface area contributed by atoms with Gasteiger partial charge in [0, 0.05) is 29.5 Å². The molecule has 2 amide bonds. The molecule has 0 bridgehead atoms. The number of benzene rings is 3. The average Bonchev–Trinajstić information content (AvgIpc) is 2.77. The van der Waals surface area contributed by atoms with Crippen molar-refractivity contribution in [1.29, 1.82) is 0 Å². The van der Waals surface area contributed by atoms with E-state index in [-0.39, 0.29) is 23.8 Å². The van der Waals surface area contributed by atoms with Crippen LogP contribution < -0.4 is 10.2 Å². The minimum absolute atomic E-state index is 0.00943. The highest BCUT2D eigenvalue weighted by molar-refractivity contribution is 6.06. The summed E-state index contributed by atoms with van der Waals surface area (Å²) in [6.45, 7) is 6.06. The standard InChI is InChI=1S/C28H30F2N2O3/c1-18-14-19(2)16-24(15-18)32(5)26(34)21-8-12-23(13-9-21)31-25(33)17-20-6-10-22(11-7-20)28(29,30)27(3,4)35/h6-16,35H,17H2,1-5H3,(H,31,33). The van der Waals surface area contributed by atoms with Crippen LogP contribution in [0.1, 0.15) is 46.5 Å². The van der Waals surface area contributed by atoms with Crippen LogP contribution >= 0.6 is 0 Å². The quantitative estimate of drug-likeness (QED) is 0.461. The van der Waals surface area contributed by atoms with Gasteiger partial charge in [-0.1, -0.05) is 30.3 Å². The van der Waals surface area contributed by atoms with Crippen molar-refractivity contribution in [2.24, 2.45) is 0 Å². The van der Waals surface area contributed by atoms with E-state index >= 15 is 0 Å². The van der Waals surface area contributed by atoms with Crippen LogP contribution in [0.3, 0.4) is 0 Å². The van der Waals surface area contributed by atoms with Gasteiger partial charge in [0.15, 0.2) is 0 Å². The summed E-state index contributed by atoms with van der Waals surface area (Å²) in [7, 11) is 1.72. The number of carbonyl (C=O) groups is 2. The second-order valence-electron chi connectivity index (χ2n) is 9.34. The molecule has 184 valence electrons. The van der Waals surface area contributed by atoms with Gasteiger partial charge in [0.1, 0.15) is 5.60 Å². The molecule has 0 spiro atoms. The Labute approximate surface area is 204 Å². The number of aliphatic hydroxyl groups is 1. The van der Waals surface area contributed by atoms with Crippen molar-refractivity contribution in [3.8, 4) is 0 Å². The summed E-state index contributed by atoms with van der Waals surface area (Å²) >= 11 is 0. The van der Waals surface area contributed by atoms with E-state index in [1.807, 2.05) is 32.0 Å². The molecule has 0 atom stereocenters. The molecule has 0 unspecified atom stereocenters. The molecule has 3 aromatic rings. The summed E-state index contributed by atoms with van der Waals surface area (Å²) in [6.07, 6.45) is -0.00943. The van der Waals surface area contributed by atoms with Gasteiger partial charge in [0.2, 0.25) is 5.91 Å². The van der Waals surface area contributed by atoms with Gasteiger partial charge in [-0.05, 0) is 80.8 Å². The van der Waals surface area contributed by atoms with Crippen molar-refractivity contribution in [3.05, 3.63) is 94.5 Å². The zero-order valence-electron chi connectivity index (χ0n) is 20.5. The van der Waals surface area contributed by atoms with E-state index in [0.717, 1.165) is 30.7 Å². The molecular weight excluding hydrogens is 450 g/mol. The van der Waals surface area contributed by atoms with Crippen molar-refractivity contribution >= 4 is 23.2 Å². The van der Waals surface area contributed by atoms with Gasteiger partial charge in [0.05, 0.1) is 6.42 Å². The molecule has 0 saturated carbocycles. The van der Waals surface area contributed by atoms with Crippen molar-refractivity contribution in [2.75, 3.05) is 17.3 Å². The van der Waals surface area contributed by atoms with Gasteiger partial charge in [-0.2, -0.15) is 8.78 Å². The predicted octanol–water partition coefficient (Wildman–Crippen LogP) is 5.62. The monoisotopic (exact) mass is 480 g/mol. The molecule has 3 aromatic carbocycles. The first-order valence-corrected chi connectivity index (χ1v) is 11.2. The lowest BCUT2D eigenvalue weighted by Gasteiger charge is -2.29. The lowest BCUT2D eigenvalue weighted by molar-refractivity contribution is -0.168.